The lowest BCUT2D eigenvalue weighted by molar-refractivity contribution is 0.0514. The number of pyridine rings is 1. The number of carbonyl (C=O) groups is 1. The average molecular weight is 337 g/mol. The number of nitrogens with zero attached hydrogens (tertiary/aromatic N) is 5. The number of hydrogen-bond acceptors (Lipinski definition) is 5. The SMILES string of the molecule is O=C(c1ccncc1)N1CCC2(CC1)CCN(c1ncccn1)CC2. The van der Waals surface area contributed by atoms with Gasteiger partial charge in [0.2, 0.25) is 5.95 Å². The van der Waals surface area contributed by atoms with Gasteiger partial charge in [-0.15, -0.1) is 0 Å². The van der Waals surface area contributed by atoms with Crippen LogP contribution in [0.4, 0.5) is 5.95 Å². The molecule has 2 aromatic rings. The maximum Gasteiger partial charge on any atom is 0.253 e. The van der Waals surface area contributed by atoms with Gasteiger partial charge in [0.1, 0.15) is 0 Å². The second-order valence-electron chi connectivity index (χ2n) is 7.06. The maximum atomic E-state index is 12.6. The third-order valence-corrected chi connectivity index (χ3v) is 5.70. The Hall–Kier alpha value is -2.50. The van der Waals surface area contributed by atoms with Crippen LogP contribution in [0.3, 0.4) is 0 Å². The van der Waals surface area contributed by atoms with E-state index in [1.807, 2.05) is 11.0 Å². The normalized spacial score (nSPS) is 19.8. The lowest BCUT2D eigenvalue weighted by atomic mass is 9.71. The molecule has 0 saturated carbocycles. The lowest BCUT2D eigenvalue weighted by Crippen LogP contribution is -2.48. The molecule has 0 aromatic carbocycles. The predicted octanol–water partition coefficient (Wildman–Crippen LogP) is 2.39. The molecule has 2 aliphatic rings. The molecule has 4 heterocycles. The minimum absolute atomic E-state index is 0.132. The number of likely N-dealkylation sites (tertiary alicyclic amines) is 1. The van der Waals surface area contributed by atoms with E-state index in [0.29, 0.717) is 5.41 Å². The first-order valence-corrected chi connectivity index (χ1v) is 8.97. The zero-order valence-electron chi connectivity index (χ0n) is 14.3. The highest BCUT2D eigenvalue weighted by Crippen LogP contribution is 2.41. The van der Waals surface area contributed by atoms with Crippen molar-refractivity contribution in [3.63, 3.8) is 0 Å². The highest BCUT2D eigenvalue weighted by Gasteiger charge is 2.39. The Balaban J connectivity index is 1.34. The zero-order valence-corrected chi connectivity index (χ0v) is 14.3. The Morgan fingerprint density at radius 1 is 0.880 bits per heavy atom. The standard InChI is InChI=1S/C19H23N5O/c25-17(16-2-10-20-11-3-16)23-12-4-19(5-13-23)6-14-24(15-7-19)18-21-8-1-9-22-18/h1-3,8-11H,4-7,12-15H2. The van der Waals surface area contributed by atoms with Gasteiger partial charge in [0.15, 0.2) is 0 Å². The van der Waals surface area contributed by atoms with Crippen LogP contribution in [-0.4, -0.2) is 51.9 Å². The zero-order chi connectivity index (χ0) is 17.1. The van der Waals surface area contributed by atoms with Crippen molar-refractivity contribution in [1.82, 2.24) is 19.9 Å². The van der Waals surface area contributed by atoms with Gasteiger partial charge in [-0.25, -0.2) is 9.97 Å². The summed E-state index contributed by atoms with van der Waals surface area (Å²) in [6.45, 7) is 3.70. The highest BCUT2D eigenvalue weighted by atomic mass is 16.2. The molecule has 0 N–H and O–H groups in total. The summed E-state index contributed by atoms with van der Waals surface area (Å²) in [5.74, 6) is 0.968. The topological polar surface area (TPSA) is 62.2 Å². The second-order valence-corrected chi connectivity index (χ2v) is 7.06. The summed E-state index contributed by atoms with van der Waals surface area (Å²) in [5, 5.41) is 0. The Bertz CT molecular complexity index is 703. The molecule has 4 rings (SSSR count). The van der Waals surface area contributed by atoms with E-state index in [1.54, 1.807) is 36.9 Å². The monoisotopic (exact) mass is 337 g/mol. The first kappa shape index (κ1) is 16.0. The summed E-state index contributed by atoms with van der Waals surface area (Å²) < 4.78 is 0. The van der Waals surface area contributed by atoms with E-state index in [0.717, 1.165) is 63.4 Å². The molecular weight excluding hydrogens is 314 g/mol. The maximum absolute atomic E-state index is 12.6. The van der Waals surface area contributed by atoms with Crippen LogP contribution in [0.5, 0.6) is 0 Å². The van der Waals surface area contributed by atoms with Gasteiger partial charge in [-0.3, -0.25) is 9.78 Å². The lowest BCUT2D eigenvalue weighted by Gasteiger charge is -2.46. The second kappa shape index (κ2) is 6.78. The van der Waals surface area contributed by atoms with Gasteiger partial charge in [0.25, 0.3) is 5.91 Å². The fourth-order valence-electron chi connectivity index (χ4n) is 4.00. The first-order valence-electron chi connectivity index (χ1n) is 8.97. The van der Waals surface area contributed by atoms with E-state index in [9.17, 15) is 4.79 Å². The number of carbonyl (C=O) groups excluding carboxylic acids is 1. The first-order chi connectivity index (χ1) is 12.3. The van der Waals surface area contributed by atoms with E-state index in [1.165, 1.54) is 0 Å². The molecule has 0 bridgehead atoms. The molecule has 2 aliphatic heterocycles. The molecule has 1 spiro atoms. The van der Waals surface area contributed by atoms with Gasteiger partial charge in [0.05, 0.1) is 0 Å². The van der Waals surface area contributed by atoms with Gasteiger partial charge in [-0.2, -0.15) is 0 Å². The molecule has 130 valence electrons. The van der Waals surface area contributed by atoms with E-state index in [-0.39, 0.29) is 5.91 Å². The van der Waals surface area contributed by atoms with E-state index >= 15 is 0 Å². The number of piperidine rings is 2. The van der Waals surface area contributed by atoms with Gasteiger partial charge in [-0.1, -0.05) is 0 Å². The highest BCUT2D eigenvalue weighted by molar-refractivity contribution is 5.94. The van der Waals surface area contributed by atoms with Crippen LogP contribution >= 0.6 is 0 Å². The molecule has 0 unspecified atom stereocenters. The summed E-state index contributed by atoms with van der Waals surface area (Å²) in [6, 6.07) is 5.45. The van der Waals surface area contributed by atoms with E-state index in [2.05, 4.69) is 19.9 Å². The number of rotatable bonds is 2. The van der Waals surface area contributed by atoms with Crippen LogP contribution in [0.2, 0.25) is 0 Å². The minimum atomic E-state index is 0.132. The molecule has 6 heteroatoms. The fourth-order valence-corrected chi connectivity index (χ4v) is 4.00. The van der Waals surface area contributed by atoms with Crippen molar-refractivity contribution < 1.29 is 4.79 Å². The van der Waals surface area contributed by atoms with Crippen molar-refractivity contribution in [1.29, 1.82) is 0 Å². The van der Waals surface area contributed by atoms with E-state index in [4.69, 9.17) is 0 Å². The third-order valence-electron chi connectivity index (χ3n) is 5.70. The van der Waals surface area contributed by atoms with Crippen molar-refractivity contribution in [3.8, 4) is 0 Å². The molecule has 0 radical (unpaired) electrons. The molecule has 2 aromatic heterocycles. The number of hydrogen-bond donors (Lipinski definition) is 0. The third kappa shape index (κ3) is 3.34. The largest absolute Gasteiger partial charge is 0.341 e. The average Bonchev–Trinajstić information content (AvgIpc) is 2.70. The van der Waals surface area contributed by atoms with Gasteiger partial charge in [0, 0.05) is 56.5 Å². The van der Waals surface area contributed by atoms with Crippen molar-refractivity contribution in [2.75, 3.05) is 31.1 Å². The molecule has 1 amide bonds. The smallest absolute Gasteiger partial charge is 0.253 e. The fraction of sp³-hybridized carbons (Fsp3) is 0.474. The number of aromatic nitrogens is 3. The van der Waals surface area contributed by atoms with Gasteiger partial charge < -0.3 is 9.80 Å². The summed E-state index contributed by atoms with van der Waals surface area (Å²) >= 11 is 0. The molecule has 6 nitrogen and oxygen atoms in total. The molecular formula is C19H23N5O. The van der Waals surface area contributed by atoms with Crippen molar-refractivity contribution in [3.05, 3.63) is 48.5 Å². The number of anilines is 1. The Morgan fingerprint density at radius 3 is 2.12 bits per heavy atom. The van der Waals surface area contributed by atoms with Crippen molar-refractivity contribution in [2.24, 2.45) is 5.41 Å². The Kier molecular flexibility index (Phi) is 4.34. The molecule has 2 saturated heterocycles. The van der Waals surface area contributed by atoms with Crippen LogP contribution in [0, 0.1) is 5.41 Å². The van der Waals surface area contributed by atoms with Crippen molar-refractivity contribution >= 4 is 11.9 Å². The van der Waals surface area contributed by atoms with Crippen LogP contribution in [-0.2, 0) is 0 Å². The molecule has 25 heavy (non-hydrogen) atoms. The predicted molar refractivity (Wildman–Crippen MR) is 95.3 cm³/mol. The van der Waals surface area contributed by atoms with Crippen LogP contribution in [0.25, 0.3) is 0 Å². The summed E-state index contributed by atoms with van der Waals surface area (Å²) in [6.07, 6.45) is 11.5. The molecule has 0 aliphatic carbocycles. The van der Waals surface area contributed by atoms with Gasteiger partial charge >= 0.3 is 0 Å². The van der Waals surface area contributed by atoms with Crippen LogP contribution < -0.4 is 4.90 Å². The van der Waals surface area contributed by atoms with Crippen molar-refractivity contribution in [2.45, 2.75) is 25.7 Å². The van der Waals surface area contributed by atoms with Gasteiger partial charge in [-0.05, 0) is 49.3 Å². The summed E-state index contributed by atoms with van der Waals surface area (Å²) in [4.78, 5) is 29.6. The molecule has 2 fully saturated rings. The Morgan fingerprint density at radius 2 is 1.48 bits per heavy atom. The summed E-state index contributed by atoms with van der Waals surface area (Å²) in [7, 11) is 0. The van der Waals surface area contributed by atoms with Crippen LogP contribution in [0.15, 0.2) is 43.0 Å². The van der Waals surface area contributed by atoms with E-state index < -0.39 is 0 Å². The summed E-state index contributed by atoms with van der Waals surface area (Å²) in [5.41, 5.74) is 1.11. The molecule has 0 atom stereocenters. The number of amides is 1. The minimum Gasteiger partial charge on any atom is -0.341 e. The van der Waals surface area contributed by atoms with Crippen LogP contribution in [0.1, 0.15) is 36.0 Å². The Labute approximate surface area is 147 Å². The quantitative estimate of drug-likeness (QED) is 0.842.